The van der Waals surface area contributed by atoms with Crippen LogP contribution in [0.5, 0.6) is 0 Å². The quantitative estimate of drug-likeness (QED) is 0.166. The maximum absolute atomic E-state index is 12.8. The summed E-state index contributed by atoms with van der Waals surface area (Å²) in [5, 5.41) is 0. The second-order valence-corrected chi connectivity index (χ2v) is 10.8. The Hall–Kier alpha value is -2.05. The van der Waals surface area contributed by atoms with Crippen molar-refractivity contribution in [2.24, 2.45) is 7.05 Å². The van der Waals surface area contributed by atoms with Crippen molar-refractivity contribution in [1.82, 2.24) is 19.1 Å². The molecule has 0 aliphatic carbocycles. The predicted octanol–water partition coefficient (Wildman–Crippen LogP) is 7.31. The highest BCUT2D eigenvalue weighted by molar-refractivity contribution is 5.74. The summed E-state index contributed by atoms with van der Waals surface area (Å²) < 4.78 is 3.55. The van der Waals surface area contributed by atoms with E-state index in [2.05, 4.69) is 35.2 Å². The van der Waals surface area contributed by atoms with Crippen LogP contribution >= 0.6 is 0 Å². The molecule has 0 aliphatic rings. The standard InChI is InChI=1S/C30H55N5O2/c1-5-8-11-12-13-14-15-16-17-18-19-20-21-22-25-35-26-27(33(4)30(37)32-28(26)36)31-29(35)34(23-9-6-2)24-10-7-3/h5-25H2,1-4H3,(H,32,36,37). The van der Waals surface area contributed by atoms with Crippen LogP contribution < -0.4 is 16.1 Å². The van der Waals surface area contributed by atoms with Gasteiger partial charge in [0, 0.05) is 26.7 Å². The molecule has 1 N–H and O–H groups in total. The molecule has 0 saturated heterocycles. The van der Waals surface area contributed by atoms with E-state index in [0.717, 1.165) is 64.1 Å². The number of hydrogen-bond acceptors (Lipinski definition) is 4. The van der Waals surface area contributed by atoms with Gasteiger partial charge in [-0.05, 0) is 19.3 Å². The zero-order chi connectivity index (χ0) is 26.9. The first kappa shape index (κ1) is 31.2. The molecule has 7 heteroatoms. The number of H-pyrrole nitrogens is 1. The molecule has 212 valence electrons. The molecule has 0 aromatic carbocycles. The topological polar surface area (TPSA) is 75.9 Å². The molecule has 37 heavy (non-hydrogen) atoms. The first-order valence-corrected chi connectivity index (χ1v) is 15.5. The van der Waals surface area contributed by atoms with Gasteiger partial charge in [-0.3, -0.25) is 14.3 Å². The number of aromatic amines is 1. The lowest BCUT2D eigenvalue weighted by Gasteiger charge is -2.24. The van der Waals surface area contributed by atoms with Crippen molar-refractivity contribution in [3.63, 3.8) is 0 Å². The summed E-state index contributed by atoms with van der Waals surface area (Å²) in [5.41, 5.74) is 0.295. The SMILES string of the molecule is CCCCCCCCCCCCCCCCn1c(N(CCCC)CCCC)nc2c1c(=O)[nH]c(=O)n2C. The first-order chi connectivity index (χ1) is 18.0. The number of hydrogen-bond donors (Lipinski definition) is 1. The van der Waals surface area contributed by atoms with E-state index in [4.69, 9.17) is 4.98 Å². The van der Waals surface area contributed by atoms with Crippen LogP contribution in [0.3, 0.4) is 0 Å². The van der Waals surface area contributed by atoms with Crippen molar-refractivity contribution in [1.29, 1.82) is 0 Å². The van der Waals surface area contributed by atoms with E-state index in [1.807, 2.05) is 0 Å². The number of rotatable bonds is 22. The highest BCUT2D eigenvalue weighted by Crippen LogP contribution is 2.22. The Bertz CT molecular complexity index is 982. The molecule has 0 radical (unpaired) electrons. The number of imidazole rings is 1. The molecular weight excluding hydrogens is 462 g/mol. The van der Waals surface area contributed by atoms with Crippen molar-refractivity contribution >= 4 is 17.1 Å². The molecule has 2 rings (SSSR count). The Morgan fingerprint density at radius 2 is 1.14 bits per heavy atom. The maximum Gasteiger partial charge on any atom is 0.329 e. The van der Waals surface area contributed by atoms with Crippen LogP contribution in [0.4, 0.5) is 5.95 Å². The van der Waals surface area contributed by atoms with Gasteiger partial charge in [0.15, 0.2) is 11.2 Å². The van der Waals surface area contributed by atoms with Crippen LogP contribution in [0.15, 0.2) is 9.59 Å². The molecule has 2 aromatic rings. The van der Waals surface area contributed by atoms with Gasteiger partial charge < -0.3 is 9.47 Å². The van der Waals surface area contributed by atoms with Gasteiger partial charge in [-0.25, -0.2) is 4.79 Å². The van der Waals surface area contributed by atoms with E-state index < -0.39 is 5.69 Å². The molecule has 0 saturated carbocycles. The zero-order valence-electron chi connectivity index (χ0n) is 24.5. The van der Waals surface area contributed by atoms with Gasteiger partial charge in [-0.2, -0.15) is 4.98 Å². The molecule has 0 aliphatic heterocycles. The van der Waals surface area contributed by atoms with Gasteiger partial charge in [-0.1, -0.05) is 117 Å². The minimum atomic E-state index is -0.404. The van der Waals surface area contributed by atoms with E-state index in [1.54, 1.807) is 7.05 Å². The van der Waals surface area contributed by atoms with Gasteiger partial charge in [0.05, 0.1) is 0 Å². The Balaban J connectivity index is 1.89. The fourth-order valence-corrected chi connectivity index (χ4v) is 5.15. The molecule has 0 bridgehead atoms. The number of fused-ring (bicyclic) bond motifs is 1. The number of nitrogens with zero attached hydrogens (tertiary/aromatic N) is 4. The average Bonchev–Trinajstić information content (AvgIpc) is 3.27. The summed E-state index contributed by atoms with van der Waals surface area (Å²) in [6.07, 6.45) is 22.9. The Labute approximate surface area is 225 Å². The molecular formula is C30H55N5O2. The molecule has 0 unspecified atom stereocenters. The maximum atomic E-state index is 12.8. The third-order valence-corrected chi connectivity index (χ3v) is 7.57. The number of aromatic nitrogens is 4. The lowest BCUT2D eigenvalue weighted by molar-refractivity contribution is 0.524. The van der Waals surface area contributed by atoms with Crippen molar-refractivity contribution in [3.8, 4) is 0 Å². The minimum Gasteiger partial charge on any atom is -0.342 e. The Morgan fingerprint density at radius 1 is 0.676 bits per heavy atom. The molecule has 0 fully saturated rings. The number of nitrogens with one attached hydrogen (secondary N) is 1. The van der Waals surface area contributed by atoms with Gasteiger partial charge in [0.1, 0.15) is 0 Å². The molecule has 2 aromatic heterocycles. The smallest absolute Gasteiger partial charge is 0.329 e. The van der Waals surface area contributed by atoms with Crippen LogP contribution in [-0.4, -0.2) is 32.2 Å². The van der Waals surface area contributed by atoms with E-state index in [1.165, 1.54) is 81.6 Å². The van der Waals surface area contributed by atoms with Crippen molar-refractivity contribution in [2.75, 3.05) is 18.0 Å². The fraction of sp³-hybridized carbons (Fsp3) is 0.833. The van der Waals surface area contributed by atoms with Crippen molar-refractivity contribution < 1.29 is 0 Å². The molecule has 7 nitrogen and oxygen atoms in total. The summed E-state index contributed by atoms with van der Waals surface area (Å²) in [4.78, 5) is 34.7. The van der Waals surface area contributed by atoms with Gasteiger partial charge in [0.25, 0.3) is 5.56 Å². The van der Waals surface area contributed by atoms with Gasteiger partial charge in [-0.15, -0.1) is 0 Å². The monoisotopic (exact) mass is 517 g/mol. The zero-order valence-corrected chi connectivity index (χ0v) is 24.5. The Morgan fingerprint density at radius 3 is 1.62 bits per heavy atom. The van der Waals surface area contributed by atoms with Gasteiger partial charge >= 0.3 is 5.69 Å². The second-order valence-electron chi connectivity index (χ2n) is 10.8. The largest absolute Gasteiger partial charge is 0.342 e. The van der Waals surface area contributed by atoms with Crippen LogP contribution in [0.25, 0.3) is 11.2 Å². The number of unbranched alkanes of at least 4 members (excludes halogenated alkanes) is 15. The lowest BCUT2D eigenvalue weighted by Crippen LogP contribution is -2.30. The third-order valence-electron chi connectivity index (χ3n) is 7.57. The predicted molar refractivity (Wildman–Crippen MR) is 158 cm³/mol. The normalized spacial score (nSPS) is 11.6. The average molecular weight is 518 g/mol. The van der Waals surface area contributed by atoms with Crippen LogP contribution in [0.2, 0.25) is 0 Å². The van der Waals surface area contributed by atoms with E-state index >= 15 is 0 Å². The van der Waals surface area contributed by atoms with Crippen LogP contribution in [0.1, 0.15) is 136 Å². The third kappa shape index (κ3) is 10.3. The lowest BCUT2D eigenvalue weighted by atomic mass is 10.0. The summed E-state index contributed by atoms with van der Waals surface area (Å²) in [5.74, 6) is 0.846. The second kappa shape index (κ2) is 18.2. The number of aryl methyl sites for hydroxylation is 2. The first-order valence-electron chi connectivity index (χ1n) is 15.5. The Kier molecular flexibility index (Phi) is 15.4. The highest BCUT2D eigenvalue weighted by atomic mass is 16.2. The van der Waals surface area contributed by atoms with Gasteiger partial charge in [0.2, 0.25) is 5.95 Å². The molecule has 0 atom stereocenters. The van der Waals surface area contributed by atoms with Crippen molar-refractivity contribution in [3.05, 3.63) is 20.8 Å². The van der Waals surface area contributed by atoms with E-state index in [9.17, 15) is 9.59 Å². The molecule has 2 heterocycles. The van der Waals surface area contributed by atoms with E-state index in [0.29, 0.717) is 11.2 Å². The summed E-state index contributed by atoms with van der Waals surface area (Å²) >= 11 is 0. The summed E-state index contributed by atoms with van der Waals surface area (Å²) in [6, 6.07) is 0. The minimum absolute atomic E-state index is 0.326. The van der Waals surface area contributed by atoms with Crippen LogP contribution in [-0.2, 0) is 13.6 Å². The molecule has 0 amide bonds. The summed E-state index contributed by atoms with van der Waals surface area (Å²) in [7, 11) is 1.69. The van der Waals surface area contributed by atoms with Crippen LogP contribution in [0, 0.1) is 0 Å². The summed E-state index contributed by atoms with van der Waals surface area (Å²) in [6.45, 7) is 9.28. The highest BCUT2D eigenvalue weighted by Gasteiger charge is 2.21. The number of anilines is 1. The molecule has 0 spiro atoms. The van der Waals surface area contributed by atoms with E-state index in [-0.39, 0.29) is 5.56 Å². The van der Waals surface area contributed by atoms with Crippen molar-refractivity contribution in [2.45, 2.75) is 143 Å². The fourth-order valence-electron chi connectivity index (χ4n) is 5.15.